The van der Waals surface area contributed by atoms with Crippen molar-refractivity contribution in [2.75, 3.05) is 49.1 Å². The maximum Gasteiger partial charge on any atom is 0.329 e. The van der Waals surface area contributed by atoms with E-state index in [0.717, 1.165) is 101 Å². The predicted molar refractivity (Wildman–Crippen MR) is 217 cm³/mol. The van der Waals surface area contributed by atoms with Gasteiger partial charge >= 0.3 is 6.03 Å². The molecule has 0 atom stereocenters. The molecule has 0 unspecified atom stereocenters. The minimum absolute atomic E-state index is 0. The van der Waals surface area contributed by atoms with Crippen LogP contribution in [0.15, 0.2) is 61.1 Å². The predicted octanol–water partition coefficient (Wildman–Crippen LogP) is 6.50. The highest BCUT2D eigenvalue weighted by molar-refractivity contribution is 6.31. The first-order chi connectivity index (χ1) is 26.8. The number of nitrogens with one attached hydrogen (secondary N) is 2. The molecule has 1 aliphatic carbocycles. The van der Waals surface area contributed by atoms with Gasteiger partial charge in [-0.25, -0.2) is 14.8 Å². The van der Waals surface area contributed by atoms with Gasteiger partial charge in [0, 0.05) is 81.3 Å². The van der Waals surface area contributed by atoms with Gasteiger partial charge in [-0.3, -0.25) is 19.8 Å². The van der Waals surface area contributed by atoms with Crippen LogP contribution in [-0.2, 0) is 4.79 Å². The zero-order chi connectivity index (χ0) is 37.9. The molecule has 4 amide bonds. The Labute approximate surface area is 337 Å². The van der Waals surface area contributed by atoms with Gasteiger partial charge in [0.15, 0.2) is 0 Å². The number of halogens is 2. The Balaban J connectivity index is 0.00000480. The summed E-state index contributed by atoms with van der Waals surface area (Å²) in [5.41, 5.74) is 3.10. The molecule has 0 radical (unpaired) electrons. The third-order valence-corrected chi connectivity index (χ3v) is 12.1. The van der Waals surface area contributed by atoms with Crippen LogP contribution >= 0.6 is 24.0 Å². The van der Waals surface area contributed by atoms with Gasteiger partial charge in [-0.2, -0.15) is 5.26 Å². The van der Waals surface area contributed by atoms with Crippen LogP contribution in [0.2, 0.25) is 5.02 Å². The number of anilines is 2. The smallest absolute Gasteiger partial charge is 0.329 e. The first kappa shape index (κ1) is 39.3. The van der Waals surface area contributed by atoms with E-state index in [1.807, 2.05) is 18.2 Å². The number of carbonyl (C=O) groups is 3. The molecule has 1 saturated carbocycles. The molecular formula is C41H47Cl2N9O4. The number of amides is 4. The first-order valence-corrected chi connectivity index (χ1v) is 19.9. The van der Waals surface area contributed by atoms with Crippen LogP contribution in [0.25, 0.3) is 11.0 Å². The highest BCUT2D eigenvalue weighted by atomic mass is 35.5. The van der Waals surface area contributed by atoms with E-state index in [4.69, 9.17) is 21.6 Å². The molecule has 2 aromatic heterocycles. The number of hydrogen-bond donors (Lipinski definition) is 2. The van der Waals surface area contributed by atoms with E-state index in [1.165, 1.54) is 11.2 Å². The van der Waals surface area contributed by atoms with Crippen LogP contribution in [-0.4, -0.2) is 88.7 Å². The largest absolute Gasteiger partial charge is 0.490 e. The van der Waals surface area contributed by atoms with Crippen molar-refractivity contribution >= 4 is 64.4 Å². The number of imide groups is 1. The number of fused-ring (bicyclic) bond motifs is 1. The summed E-state index contributed by atoms with van der Waals surface area (Å²) < 4.78 is 8.34. The van der Waals surface area contributed by atoms with Crippen LogP contribution in [0.4, 0.5) is 16.3 Å². The van der Waals surface area contributed by atoms with Crippen molar-refractivity contribution in [3.63, 3.8) is 0 Å². The van der Waals surface area contributed by atoms with Gasteiger partial charge in [-0.15, -0.1) is 12.4 Å². The molecule has 294 valence electrons. The molecule has 4 aliphatic rings. The highest BCUT2D eigenvalue weighted by Gasteiger charge is 2.30. The van der Waals surface area contributed by atoms with Crippen molar-refractivity contribution in [3.8, 4) is 11.8 Å². The van der Waals surface area contributed by atoms with Crippen LogP contribution in [0.3, 0.4) is 0 Å². The number of nitrogens with zero attached hydrogens (tertiary/aromatic N) is 7. The molecule has 2 N–H and O–H groups in total. The number of ether oxygens (including phenoxy) is 1. The lowest BCUT2D eigenvalue weighted by Crippen LogP contribution is -2.50. The van der Waals surface area contributed by atoms with Crippen LogP contribution < -0.4 is 25.2 Å². The first-order valence-electron chi connectivity index (χ1n) is 19.5. The molecule has 13 nitrogen and oxygen atoms in total. The Morgan fingerprint density at radius 3 is 2.38 bits per heavy atom. The Kier molecular flexibility index (Phi) is 12.3. The number of hydrogen-bond acceptors (Lipinski definition) is 9. The van der Waals surface area contributed by atoms with Crippen molar-refractivity contribution < 1.29 is 19.1 Å². The van der Waals surface area contributed by atoms with Crippen LogP contribution in [0.1, 0.15) is 79.8 Å². The second kappa shape index (κ2) is 17.5. The molecule has 4 fully saturated rings. The topological polar surface area (TPSA) is 149 Å². The Hall–Kier alpha value is -4.90. The molecule has 8 rings (SSSR count). The van der Waals surface area contributed by atoms with Crippen LogP contribution in [0, 0.1) is 17.2 Å². The lowest BCUT2D eigenvalue weighted by molar-refractivity contribution is -0.120. The monoisotopic (exact) mass is 799 g/mol. The van der Waals surface area contributed by atoms with Crippen LogP contribution in [0.5, 0.6) is 5.75 Å². The summed E-state index contributed by atoms with van der Waals surface area (Å²) in [4.78, 5) is 52.8. The fraction of sp³-hybridized carbons (Fsp3) is 0.463. The minimum atomic E-state index is -0.437. The summed E-state index contributed by atoms with van der Waals surface area (Å²) in [7, 11) is 0. The van der Waals surface area contributed by atoms with E-state index in [0.29, 0.717) is 46.2 Å². The minimum Gasteiger partial charge on any atom is -0.490 e. The summed E-state index contributed by atoms with van der Waals surface area (Å²) in [6.45, 7) is 5.50. The van der Waals surface area contributed by atoms with E-state index < -0.39 is 6.03 Å². The number of piperidine rings is 2. The number of rotatable bonds is 9. The molecule has 3 saturated heterocycles. The van der Waals surface area contributed by atoms with E-state index >= 15 is 0 Å². The third-order valence-electron chi connectivity index (χ3n) is 11.7. The molecule has 4 aromatic rings. The van der Waals surface area contributed by atoms with Crippen molar-refractivity contribution in [1.82, 2.24) is 30.1 Å². The van der Waals surface area contributed by atoms with Crippen molar-refractivity contribution in [1.29, 1.82) is 5.26 Å². The molecule has 56 heavy (non-hydrogen) atoms. The molecule has 0 spiro atoms. The van der Waals surface area contributed by atoms with Gasteiger partial charge in [0.2, 0.25) is 5.91 Å². The van der Waals surface area contributed by atoms with E-state index in [-0.39, 0.29) is 42.8 Å². The summed E-state index contributed by atoms with van der Waals surface area (Å²) >= 11 is 6.16. The zero-order valence-electron chi connectivity index (χ0n) is 31.2. The number of aromatic nitrogens is 3. The molecule has 2 aromatic carbocycles. The number of benzene rings is 2. The summed E-state index contributed by atoms with van der Waals surface area (Å²) in [5.74, 6) is 1.57. The lowest BCUT2D eigenvalue weighted by Gasteiger charge is -2.38. The molecule has 0 bridgehead atoms. The number of carbonyl (C=O) groups excluding carboxylic acids is 3. The Bertz CT molecular complexity index is 2080. The summed E-state index contributed by atoms with van der Waals surface area (Å²) in [6.07, 6.45) is 11.6. The molecule has 3 aliphatic heterocycles. The van der Waals surface area contributed by atoms with Gasteiger partial charge in [-0.1, -0.05) is 11.6 Å². The quantitative estimate of drug-likeness (QED) is 0.194. The summed E-state index contributed by atoms with van der Waals surface area (Å²) in [6, 6.07) is 17.2. The van der Waals surface area contributed by atoms with E-state index in [1.54, 1.807) is 18.2 Å². The fourth-order valence-electron chi connectivity index (χ4n) is 8.62. The SMILES string of the molecule is Cl.N#Cc1ccc(O[C@H]2CC[C@H](NC(=O)c3ccc(N4CCC(CN5CCC(n6ccc7c(N8CCC(=O)NC8=O)ncnc76)CC5)CC4)cc3)CC2)cc1Cl. The van der Waals surface area contributed by atoms with Gasteiger partial charge in [0.25, 0.3) is 5.91 Å². The van der Waals surface area contributed by atoms with Crippen molar-refractivity contribution in [2.45, 2.75) is 76.0 Å². The average molecular weight is 801 g/mol. The van der Waals surface area contributed by atoms with Gasteiger partial charge in [0.05, 0.1) is 22.1 Å². The van der Waals surface area contributed by atoms with Gasteiger partial charge in [0.1, 0.15) is 29.6 Å². The second-order valence-corrected chi connectivity index (χ2v) is 15.6. The number of likely N-dealkylation sites (tertiary alicyclic amines) is 1. The highest BCUT2D eigenvalue weighted by Crippen LogP contribution is 2.33. The lowest BCUT2D eigenvalue weighted by atomic mass is 9.92. The molecular weight excluding hydrogens is 753 g/mol. The average Bonchev–Trinajstić information content (AvgIpc) is 3.64. The number of urea groups is 1. The molecule has 15 heteroatoms. The maximum atomic E-state index is 13.1. The fourth-order valence-corrected chi connectivity index (χ4v) is 8.83. The summed E-state index contributed by atoms with van der Waals surface area (Å²) in [5, 5.41) is 15.9. The third kappa shape index (κ3) is 8.73. The molecule has 5 heterocycles. The second-order valence-electron chi connectivity index (χ2n) is 15.2. The van der Waals surface area contributed by atoms with Gasteiger partial charge in [-0.05, 0) is 99.7 Å². The van der Waals surface area contributed by atoms with Gasteiger partial charge < -0.3 is 24.4 Å². The normalized spacial score (nSPS) is 21.3. The van der Waals surface area contributed by atoms with E-state index in [2.05, 4.69) is 59.4 Å². The van der Waals surface area contributed by atoms with Crippen molar-refractivity contribution in [3.05, 3.63) is 77.2 Å². The standard InChI is InChI=1S/C41H46ClN9O4.ClH/c42-36-23-34(8-3-29(36)24-43)55-33-9-4-30(5-10-33)46-40(53)28-1-6-31(7-2-28)49-19-11-27(12-20-49)25-48-17-13-32(14-18-48)50-21-15-35-38(50)44-26-45-39(35)51-22-16-37(52)47-41(51)54;/h1-3,6-8,15,21,23,26-27,30,32-33H,4-5,9-14,16-20,22,25H2,(H,46,53)(H,47,52,54);1H/t30-,33-;. The maximum absolute atomic E-state index is 13.1. The number of nitriles is 1. The zero-order valence-corrected chi connectivity index (χ0v) is 32.8. The van der Waals surface area contributed by atoms with Crippen molar-refractivity contribution in [2.24, 2.45) is 5.92 Å². The Morgan fingerprint density at radius 1 is 0.929 bits per heavy atom. The van der Waals surface area contributed by atoms with E-state index in [9.17, 15) is 14.4 Å². The Morgan fingerprint density at radius 2 is 1.68 bits per heavy atom.